The summed E-state index contributed by atoms with van der Waals surface area (Å²) in [4.78, 5) is 19.1. The number of carbonyl (C=O) groups excluding carboxylic acids is 1. The van der Waals surface area contributed by atoms with Crippen LogP contribution < -0.4 is 0 Å². The second-order valence-electron chi connectivity index (χ2n) is 6.71. The monoisotopic (exact) mass is 329 g/mol. The third-order valence-electron chi connectivity index (χ3n) is 4.93. The van der Waals surface area contributed by atoms with E-state index in [9.17, 15) is 4.79 Å². The predicted molar refractivity (Wildman–Crippen MR) is 86.6 cm³/mol. The Hall–Kier alpha value is -2.18. The number of rotatable bonds is 6. The molecule has 0 aromatic carbocycles. The number of likely N-dealkylation sites (tertiary alicyclic amines) is 1. The molecule has 1 amide bonds. The summed E-state index contributed by atoms with van der Waals surface area (Å²) in [5.41, 5.74) is 0.541. The second kappa shape index (κ2) is 6.37. The summed E-state index contributed by atoms with van der Waals surface area (Å²) in [5.74, 6) is 2.09. The van der Waals surface area contributed by atoms with Crippen LogP contribution in [-0.2, 0) is 13.0 Å². The number of hydrogen-bond acceptors (Lipinski definition) is 5. The lowest BCUT2D eigenvalue weighted by Gasteiger charge is -2.23. The summed E-state index contributed by atoms with van der Waals surface area (Å²) in [6.45, 7) is 3.60. The van der Waals surface area contributed by atoms with E-state index in [1.165, 1.54) is 0 Å². The number of amides is 1. The molecule has 1 saturated heterocycles. The smallest absolute Gasteiger partial charge is 0.274 e. The van der Waals surface area contributed by atoms with Gasteiger partial charge in [0.1, 0.15) is 5.69 Å². The van der Waals surface area contributed by atoms with E-state index in [2.05, 4.69) is 15.2 Å². The summed E-state index contributed by atoms with van der Waals surface area (Å²) in [6.07, 6.45) is 7.90. The Kier molecular flexibility index (Phi) is 4.08. The van der Waals surface area contributed by atoms with Crippen LogP contribution in [0.25, 0.3) is 0 Å². The van der Waals surface area contributed by atoms with Crippen LogP contribution in [0, 0.1) is 0 Å². The predicted octanol–water partition coefficient (Wildman–Crippen LogP) is 2.40. The molecule has 7 nitrogen and oxygen atoms in total. The maximum Gasteiger partial charge on any atom is 0.274 e. The molecule has 2 aromatic rings. The zero-order chi connectivity index (χ0) is 16.5. The highest BCUT2D eigenvalue weighted by Gasteiger charge is 2.32. The maximum atomic E-state index is 12.7. The fourth-order valence-electron chi connectivity index (χ4n) is 3.36. The van der Waals surface area contributed by atoms with Gasteiger partial charge in [-0.1, -0.05) is 5.16 Å². The van der Waals surface area contributed by atoms with Crippen LogP contribution in [-0.4, -0.2) is 43.3 Å². The minimum absolute atomic E-state index is 0.0384. The summed E-state index contributed by atoms with van der Waals surface area (Å²) in [6, 6.07) is 2.05. The fourth-order valence-corrected chi connectivity index (χ4v) is 3.36. The Morgan fingerprint density at radius 1 is 1.38 bits per heavy atom. The Morgan fingerprint density at radius 2 is 2.25 bits per heavy atom. The van der Waals surface area contributed by atoms with Gasteiger partial charge in [-0.3, -0.25) is 9.48 Å². The molecular formula is C17H23N5O2. The molecule has 1 aliphatic carbocycles. The molecule has 1 aliphatic heterocycles. The lowest BCUT2D eigenvalue weighted by molar-refractivity contribution is 0.0723. The average Bonchev–Trinajstić information content (AvgIpc) is 3.05. The summed E-state index contributed by atoms with van der Waals surface area (Å²) in [7, 11) is 0. The first kappa shape index (κ1) is 15.4. The van der Waals surface area contributed by atoms with Crippen LogP contribution in [0.1, 0.15) is 67.1 Å². The van der Waals surface area contributed by atoms with Gasteiger partial charge < -0.3 is 9.42 Å². The third kappa shape index (κ3) is 3.07. The number of aryl methyl sites for hydroxylation is 2. The van der Waals surface area contributed by atoms with Gasteiger partial charge in [0.15, 0.2) is 5.82 Å². The Labute approximate surface area is 141 Å². The molecule has 3 heterocycles. The molecule has 0 bridgehead atoms. The van der Waals surface area contributed by atoms with E-state index in [1.54, 1.807) is 4.68 Å². The normalized spacial score (nSPS) is 20.7. The Morgan fingerprint density at radius 3 is 3.00 bits per heavy atom. The number of carbonyl (C=O) groups is 1. The first-order valence-corrected chi connectivity index (χ1v) is 8.91. The first-order valence-electron chi connectivity index (χ1n) is 8.91. The highest BCUT2D eigenvalue weighted by Crippen LogP contribution is 2.38. The SMILES string of the molecule is CCn1ccc(C(=O)N2CCCC2CCc2noc(C3CC3)n2)n1. The summed E-state index contributed by atoms with van der Waals surface area (Å²) < 4.78 is 7.10. The quantitative estimate of drug-likeness (QED) is 0.813. The van der Waals surface area contributed by atoms with E-state index in [0.717, 1.165) is 63.3 Å². The van der Waals surface area contributed by atoms with E-state index in [1.807, 2.05) is 24.1 Å². The van der Waals surface area contributed by atoms with E-state index >= 15 is 0 Å². The first-order chi connectivity index (χ1) is 11.7. The van der Waals surface area contributed by atoms with Gasteiger partial charge in [-0.2, -0.15) is 10.1 Å². The van der Waals surface area contributed by atoms with Gasteiger partial charge in [0, 0.05) is 37.7 Å². The van der Waals surface area contributed by atoms with Crippen molar-refractivity contribution in [2.24, 2.45) is 0 Å². The van der Waals surface area contributed by atoms with Crippen LogP contribution in [0.5, 0.6) is 0 Å². The number of hydrogen-bond donors (Lipinski definition) is 0. The van der Waals surface area contributed by atoms with Crippen molar-refractivity contribution in [2.75, 3.05) is 6.54 Å². The molecule has 2 aromatic heterocycles. The van der Waals surface area contributed by atoms with Crippen molar-refractivity contribution in [1.29, 1.82) is 0 Å². The molecule has 0 radical (unpaired) electrons. The molecule has 128 valence electrons. The van der Waals surface area contributed by atoms with E-state index in [4.69, 9.17) is 4.52 Å². The topological polar surface area (TPSA) is 77.0 Å². The van der Waals surface area contributed by atoms with Gasteiger partial charge in [0.25, 0.3) is 5.91 Å². The largest absolute Gasteiger partial charge is 0.339 e. The molecule has 4 rings (SSSR count). The van der Waals surface area contributed by atoms with Crippen molar-refractivity contribution in [3.8, 4) is 0 Å². The zero-order valence-electron chi connectivity index (χ0n) is 14.0. The van der Waals surface area contributed by atoms with Crippen LogP contribution in [0.2, 0.25) is 0 Å². The average molecular weight is 329 g/mol. The maximum absolute atomic E-state index is 12.7. The standard InChI is InChI=1S/C17H23N5O2/c1-2-21-11-9-14(19-21)17(23)22-10-3-4-13(22)7-8-15-18-16(24-20-15)12-5-6-12/h9,11-13H,2-8,10H2,1H3. The molecule has 2 fully saturated rings. The van der Waals surface area contributed by atoms with Crippen molar-refractivity contribution in [3.05, 3.63) is 29.7 Å². The van der Waals surface area contributed by atoms with Crippen molar-refractivity contribution >= 4 is 5.91 Å². The molecule has 7 heteroatoms. The molecule has 24 heavy (non-hydrogen) atoms. The van der Waals surface area contributed by atoms with Gasteiger partial charge in [-0.05, 0) is 45.1 Å². The van der Waals surface area contributed by atoms with Crippen molar-refractivity contribution in [2.45, 2.75) is 64.0 Å². The van der Waals surface area contributed by atoms with E-state index in [0.29, 0.717) is 11.6 Å². The molecule has 2 aliphatic rings. The number of aromatic nitrogens is 4. The molecule has 0 N–H and O–H groups in total. The van der Waals surface area contributed by atoms with E-state index in [-0.39, 0.29) is 11.9 Å². The van der Waals surface area contributed by atoms with Crippen LogP contribution in [0.4, 0.5) is 0 Å². The molecule has 0 spiro atoms. The summed E-state index contributed by atoms with van der Waals surface area (Å²) >= 11 is 0. The van der Waals surface area contributed by atoms with Gasteiger partial charge in [0.05, 0.1) is 0 Å². The van der Waals surface area contributed by atoms with Gasteiger partial charge in [-0.25, -0.2) is 0 Å². The Bertz CT molecular complexity index is 718. The van der Waals surface area contributed by atoms with Crippen molar-refractivity contribution in [3.63, 3.8) is 0 Å². The van der Waals surface area contributed by atoms with Gasteiger partial charge in [-0.15, -0.1) is 0 Å². The molecule has 1 atom stereocenters. The van der Waals surface area contributed by atoms with Gasteiger partial charge in [0.2, 0.25) is 5.89 Å². The van der Waals surface area contributed by atoms with Gasteiger partial charge >= 0.3 is 0 Å². The number of nitrogens with zero attached hydrogens (tertiary/aromatic N) is 5. The lowest BCUT2D eigenvalue weighted by Crippen LogP contribution is -2.36. The Balaban J connectivity index is 1.37. The van der Waals surface area contributed by atoms with Crippen LogP contribution in [0.15, 0.2) is 16.8 Å². The third-order valence-corrected chi connectivity index (χ3v) is 4.93. The van der Waals surface area contributed by atoms with Crippen LogP contribution in [0.3, 0.4) is 0 Å². The highest BCUT2D eigenvalue weighted by molar-refractivity contribution is 5.92. The van der Waals surface area contributed by atoms with Crippen molar-refractivity contribution < 1.29 is 9.32 Å². The summed E-state index contributed by atoms with van der Waals surface area (Å²) in [5, 5.41) is 8.42. The molecule has 1 saturated carbocycles. The van der Waals surface area contributed by atoms with E-state index < -0.39 is 0 Å². The second-order valence-corrected chi connectivity index (χ2v) is 6.71. The molecule has 1 unspecified atom stereocenters. The van der Waals surface area contributed by atoms with Crippen LogP contribution >= 0.6 is 0 Å². The molecular weight excluding hydrogens is 306 g/mol. The fraction of sp³-hybridized carbons (Fsp3) is 0.647. The minimum atomic E-state index is 0.0384. The van der Waals surface area contributed by atoms with Crippen molar-refractivity contribution in [1.82, 2.24) is 24.8 Å². The highest BCUT2D eigenvalue weighted by atomic mass is 16.5. The minimum Gasteiger partial charge on any atom is -0.339 e. The zero-order valence-corrected chi connectivity index (χ0v) is 14.0. The lowest BCUT2D eigenvalue weighted by atomic mass is 10.1.